The van der Waals surface area contributed by atoms with Crippen molar-refractivity contribution >= 4 is 0 Å². The summed E-state index contributed by atoms with van der Waals surface area (Å²) in [6.07, 6.45) is 6.61. The molecule has 2 aliphatic carbocycles. The summed E-state index contributed by atoms with van der Waals surface area (Å²) in [5.41, 5.74) is 9.10. The van der Waals surface area contributed by atoms with Gasteiger partial charge >= 0.3 is 0 Å². The largest absolute Gasteiger partial charge is 0.208 e. The van der Waals surface area contributed by atoms with Crippen LogP contribution in [0.3, 0.4) is 0 Å². The van der Waals surface area contributed by atoms with Gasteiger partial charge in [0.1, 0.15) is 0 Å². The Labute approximate surface area is 289 Å². The topological polar surface area (TPSA) is 62.5 Å². The van der Waals surface area contributed by atoms with E-state index in [1.165, 1.54) is 43.2 Å². The molecule has 2 fully saturated rings. The lowest BCUT2D eigenvalue weighted by molar-refractivity contribution is 0.0899. The first-order chi connectivity index (χ1) is 24.0. The molecular formula is C45H40N4. The quantitative estimate of drug-likeness (QED) is 0.182. The van der Waals surface area contributed by atoms with E-state index in [9.17, 15) is 5.26 Å². The van der Waals surface area contributed by atoms with Gasteiger partial charge in [-0.3, -0.25) is 0 Å². The molecule has 3 unspecified atom stereocenters. The zero-order valence-electron chi connectivity index (χ0n) is 28.2. The van der Waals surface area contributed by atoms with Crippen molar-refractivity contribution < 1.29 is 0 Å². The molecule has 0 radical (unpaired) electrons. The van der Waals surface area contributed by atoms with Gasteiger partial charge in [0.25, 0.3) is 0 Å². The zero-order chi connectivity index (χ0) is 33.4. The van der Waals surface area contributed by atoms with Crippen LogP contribution in [0.15, 0.2) is 127 Å². The summed E-state index contributed by atoms with van der Waals surface area (Å²) in [6.45, 7) is 4.93. The number of hydrogen-bond donors (Lipinski definition) is 0. The van der Waals surface area contributed by atoms with Crippen molar-refractivity contribution in [3.05, 3.63) is 139 Å². The number of fused-ring (bicyclic) bond motifs is 2. The van der Waals surface area contributed by atoms with Gasteiger partial charge in [-0.15, -0.1) is 0 Å². The Kier molecular flexibility index (Phi) is 8.14. The Hall–Kier alpha value is -5.40. The molecule has 2 saturated carbocycles. The molecule has 6 aromatic rings. The van der Waals surface area contributed by atoms with Crippen molar-refractivity contribution in [2.24, 2.45) is 17.8 Å². The van der Waals surface area contributed by atoms with Gasteiger partial charge in [-0.25, -0.2) is 15.0 Å². The van der Waals surface area contributed by atoms with Crippen LogP contribution < -0.4 is 0 Å². The predicted molar refractivity (Wildman–Crippen MR) is 198 cm³/mol. The van der Waals surface area contributed by atoms with Crippen molar-refractivity contribution in [1.29, 1.82) is 5.26 Å². The summed E-state index contributed by atoms with van der Waals surface area (Å²) >= 11 is 0. The maximum Gasteiger partial charge on any atom is 0.164 e. The van der Waals surface area contributed by atoms with Gasteiger partial charge in [0.15, 0.2) is 17.5 Å². The van der Waals surface area contributed by atoms with Crippen molar-refractivity contribution in [1.82, 2.24) is 15.0 Å². The van der Waals surface area contributed by atoms with E-state index in [0.717, 1.165) is 51.1 Å². The van der Waals surface area contributed by atoms with Crippen molar-refractivity contribution in [3.8, 4) is 62.5 Å². The van der Waals surface area contributed by atoms with E-state index in [4.69, 9.17) is 15.0 Å². The lowest BCUT2D eigenvalue weighted by Gasteiger charge is -2.47. The standard InChI is InChI=1S/C45H40N4/c1-30-22-31-24-32(23-30)28-45(2,27-31)38-19-21-40(41(26-38)33-12-6-3-7-13-33)39-20-18-36(25-37(39)29-46)44-48-42(34-14-8-4-9-15-34)47-43(49-44)35-16-10-5-11-17-35/h3-21,25-26,30-32H,22-24,27-28H2,1-2H3/t30?,31-,32?,45?/m1/s1. The molecule has 1 aromatic heterocycles. The number of hydrogen-bond acceptors (Lipinski definition) is 4. The summed E-state index contributed by atoms with van der Waals surface area (Å²) in [4.78, 5) is 14.7. The fraction of sp³-hybridized carbons (Fsp3) is 0.244. The molecular weight excluding hydrogens is 597 g/mol. The molecule has 4 atom stereocenters. The number of nitriles is 1. The Morgan fingerprint density at radius 1 is 0.551 bits per heavy atom. The minimum atomic E-state index is 0.156. The van der Waals surface area contributed by atoms with Crippen LogP contribution in [-0.2, 0) is 5.41 Å². The molecule has 0 N–H and O–H groups in total. The van der Waals surface area contributed by atoms with Gasteiger partial charge in [0.2, 0.25) is 0 Å². The van der Waals surface area contributed by atoms with E-state index in [1.54, 1.807) is 0 Å². The number of rotatable bonds is 6. The molecule has 0 aliphatic heterocycles. The molecule has 49 heavy (non-hydrogen) atoms. The summed E-state index contributed by atoms with van der Waals surface area (Å²) in [5.74, 6) is 4.21. The van der Waals surface area contributed by atoms with Crippen LogP contribution in [0.4, 0.5) is 0 Å². The molecule has 4 nitrogen and oxygen atoms in total. The first-order valence-corrected chi connectivity index (χ1v) is 17.6. The van der Waals surface area contributed by atoms with E-state index in [-0.39, 0.29) is 5.41 Å². The molecule has 0 amide bonds. The van der Waals surface area contributed by atoms with Gasteiger partial charge in [0, 0.05) is 22.3 Å². The van der Waals surface area contributed by atoms with Gasteiger partial charge in [-0.05, 0) is 89.7 Å². The molecule has 4 heteroatoms. The van der Waals surface area contributed by atoms with Gasteiger partial charge in [0.05, 0.1) is 11.6 Å². The molecule has 1 heterocycles. The SMILES string of the molecule is CC1CC2C[C@@H](C1)CC(C)(c1ccc(-c3ccc(-c4nc(-c5ccccc5)nc(-c5ccccc5)n4)cc3C#N)c(-c3ccccc3)c1)C2. The minimum Gasteiger partial charge on any atom is -0.208 e. The van der Waals surface area contributed by atoms with Crippen molar-refractivity contribution in [3.63, 3.8) is 0 Å². The van der Waals surface area contributed by atoms with Crippen LogP contribution in [0.1, 0.15) is 57.1 Å². The fourth-order valence-electron chi connectivity index (χ4n) is 8.78. The normalized spacial score (nSPS) is 21.5. The molecule has 0 spiro atoms. The third-order valence-electron chi connectivity index (χ3n) is 10.8. The summed E-state index contributed by atoms with van der Waals surface area (Å²) in [7, 11) is 0. The average molecular weight is 637 g/mol. The Morgan fingerprint density at radius 2 is 1.06 bits per heavy atom. The van der Waals surface area contributed by atoms with E-state index >= 15 is 0 Å². The first kappa shape index (κ1) is 30.9. The fourth-order valence-corrected chi connectivity index (χ4v) is 8.78. The maximum absolute atomic E-state index is 10.6. The number of aromatic nitrogens is 3. The Morgan fingerprint density at radius 3 is 1.61 bits per heavy atom. The summed E-state index contributed by atoms with van der Waals surface area (Å²) in [5, 5.41) is 10.6. The van der Waals surface area contributed by atoms with E-state index in [2.05, 4.69) is 74.5 Å². The second kappa shape index (κ2) is 12.9. The van der Waals surface area contributed by atoms with Crippen LogP contribution in [0.2, 0.25) is 0 Å². The van der Waals surface area contributed by atoms with Gasteiger partial charge in [-0.2, -0.15) is 5.26 Å². The van der Waals surface area contributed by atoms with Crippen LogP contribution in [0.25, 0.3) is 56.4 Å². The lowest BCUT2D eigenvalue weighted by atomic mass is 9.57. The van der Waals surface area contributed by atoms with Crippen LogP contribution >= 0.6 is 0 Å². The Bertz CT molecular complexity index is 2080. The summed E-state index contributed by atoms with van der Waals surface area (Å²) in [6, 6.07) is 46.2. The lowest BCUT2D eigenvalue weighted by Crippen LogP contribution is -2.38. The molecule has 0 saturated heterocycles. The average Bonchev–Trinajstić information content (AvgIpc) is 3.14. The number of nitrogens with zero attached hydrogens (tertiary/aromatic N) is 4. The second-order valence-electron chi connectivity index (χ2n) is 14.6. The monoisotopic (exact) mass is 636 g/mol. The van der Waals surface area contributed by atoms with E-state index in [0.29, 0.717) is 23.0 Å². The second-order valence-corrected chi connectivity index (χ2v) is 14.6. The van der Waals surface area contributed by atoms with E-state index < -0.39 is 0 Å². The van der Waals surface area contributed by atoms with Gasteiger partial charge < -0.3 is 0 Å². The summed E-state index contributed by atoms with van der Waals surface area (Å²) < 4.78 is 0. The number of benzene rings is 5. The predicted octanol–water partition coefficient (Wildman–Crippen LogP) is 11.2. The highest BCUT2D eigenvalue weighted by Crippen LogP contribution is 2.52. The van der Waals surface area contributed by atoms with Crippen LogP contribution in [-0.4, -0.2) is 15.0 Å². The van der Waals surface area contributed by atoms with Crippen molar-refractivity contribution in [2.45, 2.75) is 51.4 Å². The minimum absolute atomic E-state index is 0.156. The third-order valence-corrected chi connectivity index (χ3v) is 10.8. The molecule has 5 aromatic carbocycles. The van der Waals surface area contributed by atoms with Gasteiger partial charge in [-0.1, -0.05) is 129 Å². The third kappa shape index (κ3) is 6.18. The maximum atomic E-state index is 10.6. The molecule has 240 valence electrons. The van der Waals surface area contributed by atoms with Crippen LogP contribution in [0, 0.1) is 29.1 Å². The molecule has 2 aliphatic rings. The van der Waals surface area contributed by atoms with Crippen LogP contribution in [0.5, 0.6) is 0 Å². The highest BCUT2D eigenvalue weighted by atomic mass is 15.0. The highest BCUT2D eigenvalue weighted by molar-refractivity contribution is 5.87. The Balaban J connectivity index is 1.22. The van der Waals surface area contributed by atoms with E-state index in [1.807, 2.05) is 72.8 Å². The molecule has 2 bridgehead atoms. The zero-order valence-corrected chi connectivity index (χ0v) is 28.2. The smallest absolute Gasteiger partial charge is 0.164 e. The molecule has 8 rings (SSSR count). The first-order valence-electron chi connectivity index (χ1n) is 17.6. The van der Waals surface area contributed by atoms with Crippen molar-refractivity contribution in [2.75, 3.05) is 0 Å². The highest BCUT2D eigenvalue weighted by Gasteiger charge is 2.42.